The maximum atomic E-state index is 12.7. The van der Waals surface area contributed by atoms with Gasteiger partial charge in [0.2, 0.25) is 5.91 Å². The Hall–Kier alpha value is -3.85. The molecule has 0 saturated heterocycles. The van der Waals surface area contributed by atoms with Crippen molar-refractivity contribution in [3.05, 3.63) is 84.2 Å². The molecule has 37 heavy (non-hydrogen) atoms. The zero-order chi connectivity index (χ0) is 26.4. The molecule has 0 aliphatic rings. The predicted octanol–water partition coefficient (Wildman–Crippen LogP) is 4.97. The SMILES string of the molecule is CCC[C@@H](CC(=O)NS(=O)(=O)c1ccccn1)Nc1ccccc1NCc1cn(C)c2cccc(C)c12. The van der Waals surface area contributed by atoms with E-state index >= 15 is 0 Å². The van der Waals surface area contributed by atoms with Gasteiger partial charge in [-0.05, 0) is 54.8 Å². The number of benzene rings is 2. The van der Waals surface area contributed by atoms with Gasteiger partial charge in [-0.15, -0.1) is 0 Å². The van der Waals surface area contributed by atoms with Crippen LogP contribution in [0.1, 0.15) is 37.3 Å². The van der Waals surface area contributed by atoms with Crippen molar-refractivity contribution < 1.29 is 13.2 Å². The first kappa shape index (κ1) is 26.2. The molecule has 2 aromatic carbocycles. The van der Waals surface area contributed by atoms with Crippen molar-refractivity contribution in [3.8, 4) is 0 Å². The summed E-state index contributed by atoms with van der Waals surface area (Å²) in [6, 6.07) is 18.5. The van der Waals surface area contributed by atoms with Gasteiger partial charge in [0.15, 0.2) is 5.03 Å². The predicted molar refractivity (Wildman–Crippen MR) is 148 cm³/mol. The average Bonchev–Trinajstić information content (AvgIpc) is 3.20. The van der Waals surface area contributed by atoms with Gasteiger partial charge in [-0.1, -0.05) is 43.7 Å². The summed E-state index contributed by atoms with van der Waals surface area (Å²) in [5, 5.41) is 8.07. The number of amides is 1. The maximum absolute atomic E-state index is 12.7. The third-order valence-electron chi connectivity index (χ3n) is 6.29. The number of carbonyl (C=O) groups excluding carboxylic acids is 1. The number of para-hydroxylation sites is 2. The number of aryl methyl sites for hydroxylation is 2. The lowest BCUT2D eigenvalue weighted by Crippen LogP contribution is -2.35. The summed E-state index contributed by atoms with van der Waals surface area (Å²) in [6.07, 6.45) is 5.07. The van der Waals surface area contributed by atoms with Crippen molar-refractivity contribution in [3.63, 3.8) is 0 Å². The monoisotopic (exact) mass is 519 g/mol. The van der Waals surface area contributed by atoms with Gasteiger partial charge in [-0.25, -0.2) is 9.71 Å². The summed E-state index contributed by atoms with van der Waals surface area (Å²) in [4.78, 5) is 16.5. The second kappa shape index (κ2) is 11.5. The van der Waals surface area contributed by atoms with E-state index in [0.717, 1.165) is 17.8 Å². The lowest BCUT2D eigenvalue weighted by Gasteiger charge is -2.21. The van der Waals surface area contributed by atoms with E-state index in [0.29, 0.717) is 13.0 Å². The van der Waals surface area contributed by atoms with E-state index in [2.05, 4.69) is 63.3 Å². The Kier molecular flexibility index (Phi) is 8.13. The van der Waals surface area contributed by atoms with E-state index in [-0.39, 0.29) is 17.5 Å². The van der Waals surface area contributed by atoms with Crippen molar-refractivity contribution in [2.75, 3.05) is 10.6 Å². The molecule has 2 heterocycles. The number of anilines is 2. The molecule has 0 radical (unpaired) electrons. The molecule has 0 unspecified atom stereocenters. The van der Waals surface area contributed by atoms with E-state index in [1.165, 1.54) is 34.3 Å². The number of carbonyl (C=O) groups is 1. The molecular weight excluding hydrogens is 486 g/mol. The van der Waals surface area contributed by atoms with Gasteiger partial charge in [0.25, 0.3) is 10.0 Å². The molecule has 0 bridgehead atoms. The third kappa shape index (κ3) is 6.29. The lowest BCUT2D eigenvalue weighted by atomic mass is 10.1. The Labute approximate surface area is 218 Å². The Morgan fingerprint density at radius 3 is 2.51 bits per heavy atom. The van der Waals surface area contributed by atoms with Gasteiger partial charge in [0, 0.05) is 49.4 Å². The number of nitrogens with one attached hydrogen (secondary N) is 3. The van der Waals surface area contributed by atoms with Crippen molar-refractivity contribution in [1.29, 1.82) is 0 Å². The molecule has 2 aromatic heterocycles. The molecule has 0 spiro atoms. The molecule has 8 nitrogen and oxygen atoms in total. The van der Waals surface area contributed by atoms with E-state index < -0.39 is 15.9 Å². The highest BCUT2D eigenvalue weighted by molar-refractivity contribution is 7.90. The standard InChI is InChI=1S/C28H33N5O3S/c1-4-10-22(17-26(34)32-37(35,36)27-15-7-8-16-29-27)31-24-13-6-5-12-23(24)30-18-21-19-33(3)25-14-9-11-20(2)28(21)25/h5-9,11-16,19,22,30-31H,4,10,17-18H2,1-3H3,(H,32,34)/t22-/m0/s1. The molecule has 0 saturated carbocycles. The Bertz CT molecular complexity index is 1480. The van der Waals surface area contributed by atoms with Crippen LogP contribution in [-0.2, 0) is 28.4 Å². The molecule has 0 aliphatic heterocycles. The van der Waals surface area contributed by atoms with Crippen LogP contribution in [0, 0.1) is 6.92 Å². The van der Waals surface area contributed by atoms with Crippen LogP contribution in [-0.4, -0.2) is 29.9 Å². The van der Waals surface area contributed by atoms with Gasteiger partial charge < -0.3 is 15.2 Å². The highest BCUT2D eigenvalue weighted by Gasteiger charge is 2.22. The van der Waals surface area contributed by atoms with E-state index in [1.807, 2.05) is 31.2 Å². The minimum absolute atomic E-state index is 0.0107. The van der Waals surface area contributed by atoms with Crippen LogP contribution in [0.25, 0.3) is 10.9 Å². The molecule has 9 heteroatoms. The van der Waals surface area contributed by atoms with E-state index in [1.54, 1.807) is 12.1 Å². The summed E-state index contributed by atoms with van der Waals surface area (Å²) < 4.78 is 29.3. The molecule has 3 N–H and O–H groups in total. The Balaban J connectivity index is 1.46. The van der Waals surface area contributed by atoms with Gasteiger partial charge in [0.1, 0.15) is 0 Å². The number of pyridine rings is 1. The smallest absolute Gasteiger partial charge is 0.281 e. The maximum Gasteiger partial charge on any atom is 0.281 e. The minimum Gasteiger partial charge on any atom is -0.380 e. The molecular formula is C28H33N5O3S. The first-order chi connectivity index (χ1) is 17.8. The summed E-state index contributed by atoms with van der Waals surface area (Å²) in [5.74, 6) is -0.576. The summed E-state index contributed by atoms with van der Waals surface area (Å²) in [7, 11) is -1.96. The second-order valence-corrected chi connectivity index (χ2v) is 10.8. The highest BCUT2D eigenvalue weighted by Crippen LogP contribution is 2.28. The van der Waals surface area contributed by atoms with Crippen LogP contribution in [0.3, 0.4) is 0 Å². The largest absolute Gasteiger partial charge is 0.380 e. The Morgan fingerprint density at radius 2 is 1.78 bits per heavy atom. The zero-order valence-corrected chi connectivity index (χ0v) is 22.2. The third-order valence-corrected chi connectivity index (χ3v) is 7.58. The second-order valence-electron chi connectivity index (χ2n) is 9.16. The Morgan fingerprint density at radius 1 is 1.03 bits per heavy atom. The fourth-order valence-corrected chi connectivity index (χ4v) is 5.53. The van der Waals surface area contributed by atoms with Crippen LogP contribution < -0.4 is 15.4 Å². The fourth-order valence-electron chi connectivity index (χ4n) is 4.59. The van der Waals surface area contributed by atoms with Gasteiger partial charge in [-0.3, -0.25) is 4.79 Å². The zero-order valence-electron chi connectivity index (χ0n) is 21.4. The summed E-state index contributed by atoms with van der Waals surface area (Å²) in [5.41, 5.74) is 5.40. The van der Waals surface area contributed by atoms with E-state index in [9.17, 15) is 13.2 Å². The van der Waals surface area contributed by atoms with Crippen LogP contribution in [0.15, 0.2) is 78.1 Å². The lowest BCUT2D eigenvalue weighted by molar-refractivity contribution is -0.119. The average molecular weight is 520 g/mol. The van der Waals surface area contributed by atoms with Gasteiger partial charge in [-0.2, -0.15) is 8.42 Å². The highest BCUT2D eigenvalue weighted by atomic mass is 32.2. The number of fused-ring (bicyclic) bond motifs is 1. The number of sulfonamides is 1. The first-order valence-corrected chi connectivity index (χ1v) is 13.9. The molecule has 194 valence electrons. The minimum atomic E-state index is -4.01. The summed E-state index contributed by atoms with van der Waals surface area (Å²) >= 11 is 0. The van der Waals surface area contributed by atoms with E-state index in [4.69, 9.17) is 0 Å². The molecule has 4 rings (SSSR count). The van der Waals surface area contributed by atoms with Gasteiger partial charge in [0.05, 0.1) is 11.4 Å². The van der Waals surface area contributed by atoms with Crippen molar-refractivity contribution >= 4 is 38.2 Å². The molecule has 4 aromatic rings. The number of hydrogen-bond acceptors (Lipinski definition) is 6. The summed E-state index contributed by atoms with van der Waals surface area (Å²) in [6.45, 7) is 4.79. The van der Waals surface area contributed by atoms with Crippen LogP contribution in [0.2, 0.25) is 0 Å². The number of nitrogens with zero attached hydrogens (tertiary/aromatic N) is 2. The van der Waals surface area contributed by atoms with Crippen molar-refractivity contribution in [1.82, 2.24) is 14.3 Å². The normalized spacial score (nSPS) is 12.3. The number of rotatable bonds is 11. The van der Waals surface area contributed by atoms with Crippen molar-refractivity contribution in [2.45, 2.75) is 50.7 Å². The van der Waals surface area contributed by atoms with Crippen molar-refractivity contribution in [2.24, 2.45) is 7.05 Å². The molecule has 1 amide bonds. The quantitative estimate of drug-likeness (QED) is 0.258. The van der Waals surface area contributed by atoms with Crippen LogP contribution in [0.4, 0.5) is 11.4 Å². The van der Waals surface area contributed by atoms with Gasteiger partial charge >= 0.3 is 0 Å². The molecule has 0 fully saturated rings. The number of aromatic nitrogens is 2. The first-order valence-electron chi connectivity index (χ1n) is 12.4. The molecule has 0 aliphatic carbocycles. The number of hydrogen-bond donors (Lipinski definition) is 3. The fraction of sp³-hybridized carbons (Fsp3) is 0.286. The molecule has 1 atom stereocenters. The van der Waals surface area contributed by atoms with Crippen LogP contribution in [0.5, 0.6) is 0 Å². The van der Waals surface area contributed by atoms with Crippen LogP contribution >= 0.6 is 0 Å². The topological polar surface area (TPSA) is 105 Å².